The van der Waals surface area contributed by atoms with Crippen molar-refractivity contribution in [3.63, 3.8) is 0 Å². The first-order valence-corrected chi connectivity index (χ1v) is 9.09. The van der Waals surface area contributed by atoms with Gasteiger partial charge in [-0.05, 0) is 39.0 Å². The van der Waals surface area contributed by atoms with Crippen LogP contribution in [0.5, 0.6) is 0 Å². The van der Waals surface area contributed by atoms with E-state index in [1.165, 1.54) is 0 Å². The number of piperidine rings is 1. The fourth-order valence-electron chi connectivity index (χ4n) is 4.47. The Bertz CT molecular complexity index is 666. The zero-order chi connectivity index (χ0) is 17.8. The standard InChI is InChI=1S/C18H25F2N3O2/c1-12-15(13(2)25-21-12)8-22-10-17(9-18(19,20)11-22)5-6-23(16(17)24)7-14-3-4-14/h14H,3-11H2,1-2H3. The lowest BCUT2D eigenvalue weighted by Gasteiger charge is -2.42. The molecule has 1 unspecified atom stereocenters. The summed E-state index contributed by atoms with van der Waals surface area (Å²) in [5.74, 6) is -1.67. The molecule has 0 aromatic carbocycles. The van der Waals surface area contributed by atoms with E-state index >= 15 is 0 Å². The molecule has 1 aliphatic carbocycles. The zero-order valence-corrected chi connectivity index (χ0v) is 14.9. The fourth-order valence-corrected chi connectivity index (χ4v) is 4.47. The average molecular weight is 353 g/mol. The monoisotopic (exact) mass is 353 g/mol. The summed E-state index contributed by atoms with van der Waals surface area (Å²) >= 11 is 0. The lowest BCUT2D eigenvalue weighted by molar-refractivity contribution is -0.155. The third-order valence-corrected chi connectivity index (χ3v) is 5.92. The van der Waals surface area contributed by atoms with Crippen molar-refractivity contribution < 1.29 is 18.1 Å². The van der Waals surface area contributed by atoms with Crippen molar-refractivity contribution in [3.8, 4) is 0 Å². The molecule has 25 heavy (non-hydrogen) atoms. The van der Waals surface area contributed by atoms with E-state index < -0.39 is 11.3 Å². The van der Waals surface area contributed by atoms with Crippen LogP contribution in [0.4, 0.5) is 8.78 Å². The van der Waals surface area contributed by atoms with Gasteiger partial charge in [-0.2, -0.15) is 0 Å². The number of aryl methyl sites for hydroxylation is 2. The molecule has 7 heteroatoms. The summed E-state index contributed by atoms with van der Waals surface area (Å²) in [5.41, 5.74) is 0.650. The SMILES string of the molecule is Cc1noc(C)c1CN1CC(F)(F)CC2(CCN(CC3CC3)C2=O)C1. The summed E-state index contributed by atoms with van der Waals surface area (Å²) in [6.07, 6.45) is 2.53. The lowest BCUT2D eigenvalue weighted by atomic mass is 9.76. The second kappa shape index (κ2) is 5.76. The zero-order valence-electron chi connectivity index (χ0n) is 14.9. The van der Waals surface area contributed by atoms with Crippen molar-refractivity contribution in [2.24, 2.45) is 11.3 Å². The second-order valence-electron chi connectivity index (χ2n) is 8.21. The summed E-state index contributed by atoms with van der Waals surface area (Å²) in [6.45, 7) is 5.42. The number of carbonyl (C=O) groups is 1. The van der Waals surface area contributed by atoms with Crippen LogP contribution in [0, 0.1) is 25.2 Å². The van der Waals surface area contributed by atoms with Crippen molar-refractivity contribution in [1.82, 2.24) is 15.0 Å². The van der Waals surface area contributed by atoms with Crippen LogP contribution < -0.4 is 0 Å². The van der Waals surface area contributed by atoms with Crippen molar-refractivity contribution in [3.05, 3.63) is 17.0 Å². The third kappa shape index (κ3) is 3.18. The van der Waals surface area contributed by atoms with E-state index in [-0.39, 0.29) is 18.9 Å². The summed E-state index contributed by atoms with van der Waals surface area (Å²) in [6, 6.07) is 0. The Labute approximate surface area is 146 Å². The molecule has 138 valence electrons. The summed E-state index contributed by atoms with van der Waals surface area (Å²) in [4.78, 5) is 16.5. The Morgan fingerprint density at radius 3 is 2.68 bits per heavy atom. The molecule has 2 aliphatic heterocycles. The van der Waals surface area contributed by atoms with Crippen molar-refractivity contribution in [2.75, 3.05) is 26.2 Å². The maximum absolute atomic E-state index is 14.5. The van der Waals surface area contributed by atoms with Gasteiger partial charge in [0.25, 0.3) is 5.92 Å². The highest BCUT2D eigenvalue weighted by atomic mass is 19.3. The van der Waals surface area contributed by atoms with Crippen LogP contribution in [0.15, 0.2) is 4.52 Å². The number of halogens is 2. The Kier molecular flexibility index (Phi) is 3.90. The molecule has 1 aromatic rings. The van der Waals surface area contributed by atoms with Gasteiger partial charge in [0.2, 0.25) is 5.91 Å². The Hall–Kier alpha value is -1.50. The van der Waals surface area contributed by atoms with Crippen LogP contribution in [0.25, 0.3) is 0 Å². The first-order valence-electron chi connectivity index (χ1n) is 9.09. The topological polar surface area (TPSA) is 49.6 Å². The quantitative estimate of drug-likeness (QED) is 0.835. The van der Waals surface area contributed by atoms with E-state index in [4.69, 9.17) is 4.52 Å². The molecule has 3 heterocycles. The van der Waals surface area contributed by atoms with Crippen molar-refractivity contribution in [2.45, 2.75) is 52.0 Å². The molecule has 4 rings (SSSR count). The van der Waals surface area contributed by atoms with Crippen molar-refractivity contribution in [1.29, 1.82) is 0 Å². The molecule has 1 amide bonds. The maximum Gasteiger partial charge on any atom is 0.261 e. The van der Waals surface area contributed by atoms with Gasteiger partial charge in [-0.15, -0.1) is 0 Å². The number of aromatic nitrogens is 1. The molecule has 5 nitrogen and oxygen atoms in total. The molecule has 1 aromatic heterocycles. The number of likely N-dealkylation sites (tertiary alicyclic amines) is 2. The minimum absolute atomic E-state index is 0.0671. The van der Waals surface area contributed by atoms with Gasteiger partial charge in [0, 0.05) is 38.2 Å². The smallest absolute Gasteiger partial charge is 0.261 e. The molecular formula is C18H25F2N3O2. The van der Waals surface area contributed by atoms with Gasteiger partial charge in [0.1, 0.15) is 5.76 Å². The first kappa shape index (κ1) is 16.9. The number of hydrogen-bond acceptors (Lipinski definition) is 4. The van der Waals surface area contributed by atoms with E-state index in [9.17, 15) is 13.6 Å². The van der Waals surface area contributed by atoms with Crippen LogP contribution in [0.1, 0.15) is 42.7 Å². The molecule has 3 fully saturated rings. The predicted octanol–water partition coefficient (Wildman–Crippen LogP) is 2.76. The number of amides is 1. The normalized spacial score (nSPS) is 29.8. The van der Waals surface area contributed by atoms with Gasteiger partial charge in [-0.1, -0.05) is 5.16 Å². The van der Waals surface area contributed by atoms with Crippen LogP contribution in [0.2, 0.25) is 0 Å². The largest absolute Gasteiger partial charge is 0.361 e. The molecule has 3 aliphatic rings. The molecule has 1 spiro atoms. The summed E-state index contributed by atoms with van der Waals surface area (Å²) in [5, 5.41) is 3.91. The Morgan fingerprint density at radius 1 is 1.28 bits per heavy atom. The van der Waals surface area contributed by atoms with E-state index in [2.05, 4.69) is 5.16 Å². The molecule has 0 N–H and O–H groups in total. The predicted molar refractivity (Wildman–Crippen MR) is 87.2 cm³/mol. The number of alkyl halides is 2. The van der Waals surface area contributed by atoms with Gasteiger partial charge < -0.3 is 9.42 Å². The van der Waals surface area contributed by atoms with E-state index in [1.807, 2.05) is 11.8 Å². The number of hydrogen-bond donors (Lipinski definition) is 0. The van der Waals surface area contributed by atoms with E-state index in [1.54, 1.807) is 11.8 Å². The Balaban J connectivity index is 1.54. The van der Waals surface area contributed by atoms with Gasteiger partial charge in [-0.25, -0.2) is 8.78 Å². The number of carbonyl (C=O) groups excluding carboxylic acids is 1. The fraction of sp³-hybridized carbons (Fsp3) is 0.778. The van der Waals surface area contributed by atoms with Gasteiger partial charge >= 0.3 is 0 Å². The molecule has 1 saturated carbocycles. The minimum atomic E-state index is -2.84. The minimum Gasteiger partial charge on any atom is -0.361 e. The third-order valence-electron chi connectivity index (χ3n) is 5.92. The second-order valence-corrected chi connectivity index (χ2v) is 8.21. The van der Waals surface area contributed by atoms with Gasteiger partial charge in [0.05, 0.1) is 17.7 Å². The first-order chi connectivity index (χ1) is 11.8. The number of nitrogens with zero attached hydrogens (tertiary/aromatic N) is 3. The van der Waals surface area contributed by atoms with Crippen LogP contribution in [-0.2, 0) is 11.3 Å². The maximum atomic E-state index is 14.5. The van der Waals surface area contributed by atoms with Gasteiger partial charge in [-0.3, -0.25) is 9.69 Å². The van der Waals surface area contributed by atoms with Crippen LogP contribution in [-0.4, -0.2) is 53.0 Å². The average Bonchev–Trinajstić information content (AvgIpc) is 3.24. The highest BCUT2D eigenvalue weighted by molar-refractivity contribution is 5.85. The van der Waals surface area contributed by atoms with E-state index in [0.29, 0.717) is 37.7 Å². The highest BCUT2D eigenvalue weighted by Gasteiger charge is 2.57. The Morgan fingerprint density at radius 2 is 2.04 bits per heavy atom. The van der Waals surface area contributed by atoms with E-state index in [0.717, 1.165) is 30.6 Å². The van der Waals surface area contributed by atoms with Crippen LogP contribution >= 0.6 is 0 Å². The van der Waals surface area contributed by atoms with Crippen LogP contribution in [0.3, 0.4) is 0 Å². The number of rotatable bonds is 4. The lowest BCUT2D eigenvalue weighted by Crippen LogP contribution is -2.55. The highest BCUT2D eigenvalue weighted by Crippen LogP contribution is 2.47. The molecule has 2 saturated heterocycles. The van der Waals surface area contributed by atoms with Crippen molar-refractivity contribution >= 4 is 5.91 Å². The molecular weight excluding hydrogens is 328 g/mol. The summed E-state index contributed by atoms with van der Waals surface area (Å²) < 4.78 is 34.2. The molecule has 0 bridgehead atoms. The van der Waals surface area contributed by atoms with Gasteiger partial charge in [0.15, 0.2) is 0 Å². The molecule has 0 radical (unpaired) electrons. The summed E-state index contributed by atoms with van der Waals surface area (Å²) in [7, 11) is 0. The molecule has 1 atom stereocenters.